The van der Waals surface area contributed by atoms with Gasteiger partial charge in [0.25, 0.3) is 5.69 Å². The molecule has 0 fully saturated rings. The number of nitro groups is 1. The molecule has 0 unspecified atom stereocenters. The van der Waals surface area contributed by atoms with Gasteiger partial charge >= 0.3 is 0 Å². The minimum atomic E-state index is -0.408. The molecule has 0 aliphatic rings. The zero-order valence-corrected chi connectivity index (χ0v) is 12.5. The van der Waals surface area contributed by atoms with Crippen molar-refractivity contribution in [1.29, 1.82) is 0 Å². The van der Waals surface area contributed by atoms with Crippen LogP contribution in [0.15, 0.2) is 16.6 Å². The summed E-state index contributed by atoms with van der Waals surface area (Å²) in [6.45, 7) is 8.20. The zero-order valence-electron chi connectivity index (χ0n) is 10.9. The highest BCUT2D eigenvalue weighted by Crippen LogP contribution is 2.37. The number of nitrogens with zero attached hydrogens (tertiary/aromatic N) is 1. The maximum atomic E-state index is 11.0. The summed E-state index contributed by atoms with van der Waals surface area (Å²) < 4.78 is 6.00. The SMILES string of the molecule is CCOc1cc(NC(C)(C)C)c([N+](=O)[O-])cc1Br. The first kappa shape index (κ1) is 14.8. The largest absolute Gasteiger partial charge is 0.493 e. The van der Waals surface area contributed by atoms with Gasteiger partial charge in [-0.25, -0.2) is 0 Å². The van der Waals surface area contributed by atoms with Gasteiger partial charge < -0.3 is 10.1 Å². The van der Waals surface area contributed by atoms with Crippen molar-refractivity contribution >= 4 is 27.3 Å². The lowest BCUT2D eigenvalue weighted by Crippen LogP contribution is -2.26. The molecule has 0 heterocycles. The van der Waals surface area contributed by atoms with E-state index in [-0.39, 0.29) is 11.2 Å². The Labute approximate surface area is 115 Å². The first-order valence-corrected chi connectivity index (χ1v) is 6.43. The van der Waals surface area contributed by atoms with Crippen molar-refractivity contribution in [3.05, 3.63) is 26.7 Å². The summed E-state index contributed by atoms with van der Waals surface area (Å²) in [4.78, 5) is 10.6. The molecule has 0 aliphatic carbocycles. The van der Waals surface area contributed by atoms with Crippen LogP contribution in [0.25, 0.3) is 0 Å². The highest BCUT2D eigenvalue weighted by Gasteiger charge is 2.21. The second-order valence-electron chi connectivity index (χ2n) is 4.86. The normalized spacial score (nSPS) is 11.2. The molecule has 0 saturated heterocycles. The Morgan fingerprint density at radius 1 is 1.44 bits per heavy atom. The second-order valence-corrected chi connectivity index (χ2v) is 5.72. The first-order chi connectivity index (χ1) is 8.24. The summed E-state index contributed by atoms with van der Waals surface area (Å²) >= 11 is 3.27. The molecular formula is C12H17BrN2O3. The summed E-state index contributed by atoms with van der Waals surface area (Å²) in [6, 6.07) is 3.11. The highest BCUT2D eigenvalue weighted by molar-refractivity contribution is 9.10. The van der Waals surface area contributed by atoms with E-state index in [0.717, 1.165) is 0 Å². The van der Waals surface area contributed by atoms with Crippen LogP contribution in [0.3, 0.4) is 0 Å². The van der Waals surface area contributed by atoms with E-state index >= 15 is 0 Å². The molecule has 1 rings (SSSR count). The lowest BCUT2D eigenvalue weighted by Gasteiger charge is -2.22. The average molecular weight is 317 g/mol. The summed E-state index contributed by atoms with van der Waals surface area (Å²) in [7, 11) is 0. The predicted octanol–water partition coefficient (Wildman–Crippen LogP) is 3.97. The standard InChI is InChI=1S/C12H17BrN2O3/c1-5-18-11-7-9(14-12(2,3)4)10(15(16)17)6-8(11)13/h6-7,14H,5H2,1-4H3. The fourth-order valence-electron chi connectivity index (χ4n) is 1.46. The highest BCUT2D eigenvalue weighted by atomic mass is 79.9. The van der Waals surface area contributed by atoms with Gasteiger partial charge in [0.2, 0.25) is 0 Å². The number of nitrogens with one attached hydrogen (secondary N) is 1. The van der Waals surface area contributed by atoms with E-state index < -0.39 is 4.92 Å². The summed E-state index contributed by atoms with van der Waals surface area (Å²) in [6.07, 6.45) is 0. The van der Waals surface area contributed by atoms with Crippen LogP contribution in [0.1, 0.15) is 27.7 Å². The molecule has 0 aliphatic heterocycles. The van der Waals surface area contributed by atoms with E-state index in [9.17, 15) is 10.1 Å². The minimum absolute atomic E-state index is 0.0280. The molecule has 1 aromatic carbocycles. The maximum Gasteiger partial charge on any atom is 0.293 e. The fourth-order valence-corrected chi connectivity index (χ4v) is 1.91. The van der Waals surface area contributed by atoms with Crippen molar-refractivity contribution in [1.82, 2.24) is 0 Å². The Morgan fingerprint density at radius 2 is 2.06 bits per heavy atom. The number of hydrogen-bond donors (Lipinski definition) is 1. The Hall–Kier alpha value is -1.30. The molecule has 0 aromatic heterocycles. The van der Waals surface area contributed by atoms with Crippen LogP contribution in [-0.4, -0.2) is 17.1 Å². The van der Waals surface area contributed by atoms with Gasteiger partial charge in [0.1, 0.15) is 11.4 Å². The van der Waals surface area contributed by atoms with Crippen molar-refractivity contribution in [2.24, 2.45) is 0 Å². The van der Waals surface area contributed by atoms with E-state index in [4.69, 9.17) is 4.74 Å². The quantitative estimate of drug-likeness (QED) is 0.674. The van der Waals surface area contributed by atoms with Crippen LogP contribution in [0.5, 0.6) is 5.75 Å². The van der Waals surface area contributed by atoms with Gasteiger partial charge in [-0.3, -0.25) is 10.1 Å². The van der Waals surface area contributed by atoms with E-state index in [1.165, 1.54) is 6.07 Å². The van der Waals surface area contributed by atoms with Gasteiger partial charge in [-0.15, -0.1) is 0 Å². The Balaban J connectivity index is 3.26. The van der Waals surface area contributed by atoms with Gasteiger partial charge in [0.05, 0.1) is 16.0 Å². The van der Waals surface area contributed by atoms with Crippen molar-refractivity contribution < 1.29 is 9.66 Å². The maximum absolute atomic E-state index is 11.0. The minimum Gasteiger partial charge on any atom is -0.493 e. The molecule has 0 radical (unpaired) electrons. The Kier molecular flexibility index (Phi) is 4.56. The summed E-state index contributed by atoms with van der Waals surface area (Å²) in [5.41, 5.74) is 0.224. The van der Waals surface area contributed by atoms with Crippen LogP contribution in [0.2, 0.25) is 0 Å². The van der Waals surface area contributed by atoms with Crippen molar-refractivity contribution in [3.8, 4) is 5.75 Å². The van der Waals surface area contributed by atoms with Crippen LogP contribution >= 0.6 is 15.9 Å². The predicted molar refractivity (Wildman–Crippen MR) is 75.3 cm³/mol. The van der Waals surface area contributed by atoms with Crippen LogP contribution < -0.4 is 10.1 Å². The fraction of sp³-hybridized carbons (Fsp3) is 0.500. The van der Waals surface area contributed by atoms with E-state index in [0.29, 0.717) is 22.5 Å². The van der Waals surface area contributed by atoms with E-state index in [1.807, 2.05) is 27.7 Å². The van der Waals surface area contributed by atoms with Crippen LogP contribution in [0, 0.1) is 10.1 Å². The number of anilines is 1. The molecule has 1 N–H and O–H groups in total. The van der Waals surface area contributed by atoms with E-state index in [1.54, 1.807) is 6.07 Å². The van der Waals surface area contributed by atoms with E-state index in [2.05, 4.69) is 21.2 Å². The number of rotatable bonds is 4. The molecule has 18 heavy (non-hydrogen) atoms. The monoisotopic (exact) mass is 316 g/mol. The Morgan fingerprint density at radius 3 is 2.50 bits per heavy atom. The number of nitro benzene ring substituents is 1. The van der Waals surface area contributed by atoms with Crippen molar-refractivity contribution in [2.75, 3.05) is 11.9 Å². The number of halogens is 1. The van der Waals surface area contributed by atoms with Crippen molar-refractivity contribution in [2.45, 2.75) is 33.2 Å². The number of ether oxygens (including phenoxy) is 1. The van der Waals surface area contributed by atoms with Gasteiger partial charge in [-0.05, 0) is 43.6 Å². The zero-order chi connectivity index (χ0) is 13.9. The van der Waals surface area contributed by atoms with Crippen LogP contribution in [-0.2, 0) is 0 Å². The average Bonchev–Trinajstić information content (AvgIpc) is 2.20. The molecule has 0 bridgehead atoms. The molecule has 5 nitrogen and oxygen atoms in total. The lowest BCUT2D eigenvalue weighted by atomic mass is 10.1. The second kappa shape index (κ2) is 5.56. The number of hydrogen-bond acceptors (Lipinski definition) is 4. The van der Waals surface area contributed by atoms with Crippen LogP contribution in [0.4, 0.5) is 11.4 Å². The molecule has 0 amide bonds. The number of benzene rings is 1. The molecule has 0 spiro atoms. The van der Waals surface area contributed by atoms with Gasteiger partial charge in [-0.2, -0.15) is 0 Å². The molecular weight excluding hydrogens is 300 g/mol. The molecule has 6 heteroatoms. The summed E-state index contributed by atoms with van der Waals surface area (Å²) in [5, 5.41) is 14.1. The third kappa shape index (κ3) is 3.87. The molecule has 0 saturated carbocycles. The van der Waals surface area contributed by atoms with Crippen molar-refractivity contribution in [3.63, 3.8) is 0 Å². The molecule has 1 aromatic rings. The first-order valence-electron chi connectivity index (χ1n) is 5.63. The summed E-state index contributed by atoms with van der Waals surface area (Å²) in [5.74, 6) is 0.592. The topological polar surface area (TPSA) is 64.4 Å². The van der Waals surface area contributed by atoms with Gasteiger partial charge in [0.15, 0.2) is 0 Å². The smallest absolute Gasteiger partial charge is 0.293 e. The van der Waals surface area contributed by atoms with Gasteiger partial charge in [0, 0.05) is 17.7 Å². The lowest BCUT2D eigenvalue weighted by molar-refractivity contribution is -0.384. The third-order valence-corrected chi connectivity index (χ3v) is 2.68. The Bertz CT molecular complexity index is 455. The third-order valence-electron chi connectivity index (χ3n) is 2.06. The molecule has 100 valence electrons. The van der Waals surface area contributed by atoms with Gasteiger partial charge in [-0.1, -0.05) is 0 Å². The molecule has 0 atom stereocenters.